The van der Waals surface area contributed by atoms with Gasteiger partial charge in [-0.15, -0.1) is 12.4 Å². The molecule has 112 valence electrons. The van der Waals surface area contributed by atoms with E-state index in [-0.39, 0.29) is 24.2 Å². The van der Waals surface area contributed by atoms with Crippen molar-refractivity contribution in [3.63, 3.8) is 0 Å². The summed E-state index contributed by atoms with van der Waals surface area (Å²) < 4.78 is 0. The highest BCUT2D eigenvalue weighted by molar-refractivity contribution is 5.85. The lowest BCUT2D eigenvalue weighted by atomic mass is 10.0. The minimum absolute atomic E-state index is 0. The molecule has 1 heterocycles. The van der Waals surface area contributed by atoms with Crippen LogP contribution in [-0.4, -0.2) is 37.0 Å². The van der Waals surface area contributed by atoms with Gasteiger partial charge >= 0.3 is 0 Å². The lowest BCUT2D eigenvalue weighted by Gasteiger charge is -2.26. The van der Waals surface area contributed by atoms with E-state index in [9.17, 15) is 4.79 Å². The highest BCUT2D eigenvalue weighted by Crippen LogP contribution is 2.24. The van der Waals surface area contributed by atoms with Gasteiger partial charge in [0.2, 0.25) is 5.91 Å². The molecule has 20 heavy (non-hydrogen) atoms. The molecule has 2 rings (SSSR count). The topological polar surface area (TPSA) is 49.6 Å². The van der Waals surface area contributed by atoms with Crippen molar-refractivity contribution in [3.8, 4) is 0 Å². The van der Waals surface area contributed by atoms with Crippen molar-refractivity contribution < 1.29 is 4.79 Å². The number of carbonyl (C=O) groups excluding carboxylic acids is 1. The minimum atomic E-state index is -0.407. The second-order valence-electron chi connectivity index (χ2n) is 5.58. The Morgan fingerprint density at radius 3 is 2.55 bits per heavy atom. The molecule has 0 saturated carbocycles. The van der Waals surface area contributed by atoms with Crippen molar-refractivity contribution in [1.82, 2.24) is 4.90 Å². The predicted octanol–water partition coefficient (Wildman–Crippen LogP) is 1.87. The van der Waals surface area contributed by atoms with Crippen molar-refractivity contribution in [2.24, 2.45) is 11.7 Å². The van der Waals surface area contributed by atoms with Gasteiger partial charge in [-0.05, 0) is 17.5 Å². The summed E-state index contributed by atoms with van der Waals surface area (Å²) in [6.45, 7) is 6.19. The van der Waals surface area contributed by atoms with Gasteiger partial charge in [-0.2, -0.15) is 0 Å². The fourth-order valence-corrected chi connectivity index (χ4v) is 2.38. The monoisotopic (exact) mass is 297 g/mol. The zero-order chi connectivity index (χ0) is 14.0. The summed E-state index contributed by atoms with van der Waals surface area (Å²) in [5, 5.41) is 0. The maximum Gasteiger partial charge on any atom is 0.240 e. The number of anilines is 1. The number of para-hydroxylation sites is 1. The van der Waals surface area contributed by atoms with E-state index in [0.29, 0.717) is 6.54 Å². The third-order valence-corrected chi connectivity index (χ3v) is 3.78. The van der Waals surface area contributed by atoms with Crippen molar-refractivity contribution in [1.29, 1.82) is 0 Å². The van der Waals surface area contributed by atoms with Crippen LogP contribution in [0.1, 0.15) is 19.4 Å². The molecule has 0 bridgehead atoms. The zero-order valence-corrected chi connectivity index (χ0v) is 13.2. The van der Waals surface area contributed by atoms with Gasteiger partial charge in [-0.1, -0.05) is 32.0 Å². The van der Waals surface area contributed by atoms with E-state index in [1.165, 1.54) is 11.3 Å². The van der Waals surface area contributed by atoms with E-state index in [1.807, 2.05) is 30.9 Å². The average molecular weight is 298 g/mol. The van der Waals surface area contributed by atoms with Crippen LogP contribution in [0.4, 0.5) is 5.69 Å². The van der Waals surface area contributed by atoms with E-state index in [4.69, 9.17) is 5.73 Å². The van der Waals surface area contributed by atoms with Crippen LogP contribution in [0, 0.1) is 5.92 Å². The Hall–Kier alpha value is -1.26. The van der Waals surface area contributed by atoms with E-state index >= 15 is 0 Å². The Bertz CT molecular complexity index is 464. The molecule has 5 heteroatoms. The number of amides is 1. The summed E-state index contributed by atoms with van der Waals surface area (Å²) in [4.78, 5) is 16.5. The van der Waals surface area contributed by atoms with Crippen LogP contribution in [0.15, 0.2) is 24.3 Å². The Morgan fingerprint density at radius 1 is 1.25 bits per heavy atom. The number of likely N-dealkylation sites (N-methyl/N-ethyl adjacent to an activating group) is 1. The molecule has 4 nitrogen and oxygen atoms in total. The molecule has 0 fully saturated rings. The number of fused-ring (bicyclic) bond motifs is 1. The quantitative estimate of drug-likeness (QED) is 0.907. The van der Waals surface area contributed by atoms with E-state index in [2.05, 4.69) is 24.1 Å². The number of nitrogens with two attached hydrogens (primary N) is 1. The lowest BCUT2D eigenvalue weighted by molar-refractivity contribution is -0.134. The van der Waals surface area contributed by atoms with E-state index in [0.717, 1.165) is 13.1 Å². The SMILES string of the molecule is CC(C)[C@H](N)C(=O)N1CCN(C)c2ccccc2C1.Cl. The van der Waals surface area contributed by atoms with Crippen LogP contribution in [0.2, 0.25) is 0 Å². The molecule has 1 aliphatic heterocycles. The third-order valence-electron chi connectivity index (χ3n) is 3.78. The van der Waals surface area contributed by atoms with Crippen molar-refractivity contribution in [2.75, 3.05) is 25.0 Å². The summed E-state index contributed by atoms with van der Waals surface area (Å²) in [7, 11) is 2.06. The Kier molecular flexibility index (Phi) is 5.84. The molecule has 1 atom stereocenters. The van der Waals surface area contributed by atoms with Crippen LogP contribution >= 0.6 is 12.4 Å². The molecule has 0 unspecified atom stereocenters. The molecular weight excluding hydrogens is 274 g/mol. The first-order valence-electron chi connectivity index (χ1n) is 6.84. The van der Waals surface area contributed by atoms with Gasteiger partial charge in [-0.3, -0.25) is 4.79 Å². The number of rotatable bonds is 2. The molecule has 2 N–H and O–H groups in total. The van der Waals surface area contributed by atoms with Crippen LogP contribution < -0.4 is 10.6 Å². The number of halogens is 1. The molecule has 1 aromatic rings. The lowest BCUT2D eigenvalue weighted by Crippen LogP contribution is -2.47. The third kappa shape index (κ3) is 3.44. The van der Waals surface area contributed by atoms with Crippen molar-refractivity contribution >= 4 is 24.0 Å². The molecular formula is C15H24ClN3O. The highest BCUT2D eigenvalue weighted by Gasteiger charge is 2.26. The maximum atomic E-state index is 12.4. The van der Waals surface area contributed by atoms with Crippen LogP contribution in [0.5, 0.6) is 0 Å². The van der Waals surface area contributed by atoms with Crippen LogP contribution in [0.3, 0.4) is 0 Å². The molecule has 0 spiro atoms. The Balaban J connectivity index is 0.00000200. The van der Waals surface area contributed by atoms with Gasteiger partial charge in [0.25, 0.3) is 0 Å². The second kappa shape index (κ2) is 6.95. The standard InChI is InChI=1S/C15H23N3O.ClH/c1-11(2)14(16)15(19)18-9-8-17(3)13-7-5-4-6-12(13)10-18;/h4-7,11,14H,8-10,16H2,1-3H3;1H/t14-;/m0./s1. The minimum Gasteiger partial charge on any atom is -0.373 e. The Labute approximate surface area is 127 Å². The molecule has 0 radical (unpaired) electrons. The van der Waals surface area contributed by atoms with Gasteiger partial charge in [0.05, 0.1) is 6.04 Å². The van der Waals surface area contributed by atoms with Gasteiger partial charge in [-0.25, -0.2) is 0 Å². The number of benzene rings is 1. The largest absolute Gasteiger partial charge is 0.373 e. The van der Waals surface area contributed by atoms with Crippen LogP contribution in [0.25, 0.3) is 0 Å². The Morgan fingerprint density at radius 2 is 1.90 bits per heavy atom. The summed E-state index contributed by atoms with van der Waals surface area (Å²) in [5.74, 6) is 0.226. The van der Waals surface area contributed by atoms with E-state index < -0.39 is 6.04 Å². The number of hydrogen-bond donors (Lipinski definition) is 1. The van der Waals surface area contributed by atoms with Crippen molar-refractivity contribution in [3.05, 3.63) is 29.8 Å². The first kappa shape index (κ1) is 16.8. The van der Waals surface area contributed by atoms with Crippen LogP contribution in [-0.2, 0) is 11.3 Å². The fraction of sp³-hybridized carbons (Fsp3) is 0.533. The van der Waals surface area contributed by atoms with Gasteiger partial charge < -0.3 is 15.5 Å². The van der Waals surface area contributed by atoms with Gasteiger partial charge in [0.15, 0.2) is 0 Å². The first-order chi connectivity index (χ1) is 9.00. The summed E-state index contributed by atoms with van der Waals surface area (Å²) in [6, 6.07) is 7.83. The normalized spacial score (nSPS) is 16.2. The number of carbonyl (C=O) groups is 1. The molecule has 0 aliphatic carbocycles. The average Bonchev–Trinajstić information content (AvgIpc) is 2.57. The van der Waals surface area contributed by atoms with Gasteiger partial charge in [0, 0.05) is 32.4 Å². The molecule has 1 aliphatic rings. The summed E-state index contributed by atoms with van der Waals surface area (Å²) in [5.41, 5.74) is 8.38. The predicted molar refractivity (Wildman–Crippen MR) is 85.2 cm³/mol. The highest BCUT2D eigenvalue weighted by atomic mass is 35.5. The number of hydrogen-bond acceptors (Lipinski definition) is 3. The molecule has 1 aromatic carbocycles. The van der Waals surface area contributed by atoms with E-state index in [1.54, 1.807) is 0 Å². The number of nitrogens with zero attached hydrogens (tertiary/aromatic N) is 2. The fourth-order valence-electron chi connectivity index (χ4n) is 2.38. The van der Waals surface area contributed by atoms with Gasteiger partial charge in [0.1, 0.15) is 0 Å². The first-order valence-corrected chi connectivity index (χ1v) is 6.84. The summed E-state index contributed by atoms with van der Waals surface area (Å²) >= 11 is 0. The smallest absolute Gasteiger partial charge is 0.240 e. The zero-order valence-electron chi connectivity index (χ0n) is 12.4. The van der Waals surface area contributed by atoms with Crippen molar-refractivity contribution in [2.45, 2.75) is 26.4 Å². The molecule has 0 saturated heterocycles. The second-order valence-corrected chi connectivity index (χ2v) is 5.58. The summed E-state index contributed by atoms with van der Waals surface area (Å²) in [6.07, 6.45) is 0. The molecule has 1 amide bonds. The maximum absolute atomic E-state index is 12.4. The molecule has 0 aromatic heterocycles.